The third-order valence-electron chi connectivity index (χ3n) is 2.89. The Labute approximate surface area is 76.9 Å². The van der Waals surface area contributed by atoms with Crippen molar-refractivity contribution in [3.8, 4) is 0 Å². The average Bonchev–Trinajstić information content (AvgIpc) is 2.84. The Hall–Kier alpha value is -0.0400. The summed E-state index contributed by atoms with van der Waals surface area (Å²) in [7, 11) is 0. The molecular formula is C11H23N. The molecule has 1 fully saturated rings. The fraction of sp³-hybridized carbons (Fsp3) is 1.00. The number of rotatable bonds is 6. The van der Waals surface area contributed by atoms with Crippen LogP contribution in [-0.2, 0) is 0 Å². The van der Waals surface area contributed by atoms with Crippen molar-refractivity contribution < 1.29 is 0 Å². The largest absolute Gasteiger partial charge is 0.312 e. The van der Waals surface area contributed by atoms with Crippen molar-refractivity contribution in [1.29, 1.82) is 0 Å². The maximum atomic E-state index is 3.69. The zero-order chi connectivity index (χ0) is 8.97. The Morgan fingerprint density at radius 2 is 1.83 bits per heavy atom. The molecule has 0 heterocycles. The van der Waals surface area contributed by atoms with Crippen molar-refractivity contribution in [3.63, 3.8) is 0 Å². The minimum absolute atomic E-state index is 0.738. The van der Waals surface area contributed by atoms with Gasteiger partial charge in [-0.25, -0.2) is 0 Å². The van der Waals surface area contributed by atoms with Gasteiger partial charge in [0.05, 0.1) is 0 Å². The predicted molar refractivity (Wildman–Crippen MR) is 54.3 cm³/mol. The van der Waals surface area contributed by atoms with E-state index >= 15 is 0 Å². The summed E-state index contributed by atoms with van der Waals surface area (Å²) < 4.78 is 0. The monoisotopic (exact) mass is 169 g/mol. The van der Waals surface area contributed by atoms with E-state index in [1.54, 1.807) is 0 Å². The summed E-state index contributed by atoms with van der Waals surface area (Å²) in [4.78, 5) is 0. The molecule has 0 aromatic carbocycles. The van der Waals surface area contributed by atoms with Gasteiger partial charge in [0.2, 0.25) is 0 Å². The quantitative estimate of drug-likeness (QED) is 0.644. The molecule has 1 rings (SSSR count). The lowest BCUT2D eigenvalue weighted by Gasteiger charge is -2.20. The molecule has 0 bridgehead atoms. The van der Waals surface area contributed by atoms with Crippen LogP contribution in [0.25, 0.3) is 0 Å². The molecular weight excluding hydrogens is 146 g/mol. The zero-order valence-corrected chi connectivity index (χ0v) is 8.77. The molecule has 0 aromatic rings. The van der Waals surface area contributed by atoms with E-state index in [0.29, 0.717) is 0 Å². The topological polar surface area (TPSA) is 12.0 Å². The highest BCUT2D eigenvalue weighted by atomic mass is 14.9. The van der Waals surface area contributed by atoms with Gasteiger partial charge in [0.25, 0.3) is 0 Å². The van der Waals surface area contributed by atoms with Crippen molar-refractivity contribution in [2.75, 3.05) is 0 Å². The molecule has 0 radical (unpaired) electrons. The molecule has 1 N–H and O–H groups in total. The van der Waals surface area contributed by atoms with Gasteiger partial charge < -0.3 is 5.32 Å². The van der Waals surface area contributed by atoms with Crippen molar-refractivity contribution in [2.24, 2.45) is 5.92 Å². The van der Waals surface area contributed by atoms with Crippen molar-refractivity contribution in [2.45, 2.75) is 65.0 Å². The summed E-state index contributed by atoms with van der Waals surface area (Å²) in [5.41, 5.74) is 0. The normalized spacial score (nSPS) is 20.0. The summed E-state index contributed by atoms with van der Waals surface area (Å²) in [6.45, 7) is 6.87. The molecule has 0 aliphatic heterocycles. The lowest BCUT2D eigenvalue weighted by atomic mass is 10.1. The molecule has 1 heteroatoms. The van der Waals surface area contributed by atoms with E-state index in [1.807, 2.05) is 0 Å². The van der Waals surface area contributed by atoms with Gasteiger partial charge in [-0.3, -0.25) is 0 Å². The van der Waals surface area contributed by atoms with Crippen LogP contribution in [0.4, 0.5) is 0 Å². The van der Waals surface area contributed by atoms with Crippen LogP contribution in [0.1, 0.15) is 52.9 Å². The molecule has 1 saturated carbocycles. The fourth-order valence-electron chi connectivity index (χ4n) is 1.85. The molecule has 1 nitrogen and oxygen atoms in total. The third kappa shape index (κ3) is 3.57. The number of hydrogen-bond acceptors (Lipinski definition) is 1. The first-order chi connectivity index (χ1) is 5.76. The van der Waals surface area contributed by atoms with Crippen molar-refractivity contribution >= 4 is 0 Å². The van der Waals surface area contributed by atoms with Gasteiger partial charge in [0.15, 0.2) is 0 Å². The molecule has 1 aliphatic carbocycles. The highest BCUT2D eigenvalue weighted by Crippen LogP contribution is 2.33. The third-order valence-corrected chi connectivity index (χ3v) is 2.89. The summed E-state index contributed by atoms with van der Waals surface area (Å²) in [5.74, 6) is 1.06. The van der Waals surface area contributed by atoms with Gasteiger partial charge in [-0.2, -0.15) is 0 Å². The number of nitrogens with one attached hydrogen (secondary N) is 1. The summed E-state index contributed by atoms with van der Waals surface area (Å²) in [6, 6.07) is 1.49. The van der Waals surface area contributed by atoms with Gasteiger partial charge in [0, 0.05) is 12.1 Å². The SMILES string of the molecule is CCC(CC)NC(C)CC1CC1. The predicted octanol–water partition coefficient (Wildman–Crippen LogP) is 2.95. The van der Waals surface area contributed by atoms with Crippen LogP contribution < -0.4 is 5.32 Å². The van der Waals surface area contributed by atoms with Crippen LogP contribution in [0.15, 0.2) is 0 Å². The van der Waals surface area contributed by atoms with Gasteiger partial charge in [0.1, 0.15) is 0 Å². The van der Waals surface area contributed by atoms with E-state index in [4.69, 9.17) is 0 Å². The van der Waals surface area contributed by atoms with E-state index in [1.165, 1.54) is 32.1 Å². The van der Waals surface area contributed by atoms with Gasteiger partial charge in [-0.15, -0.1) is 0 Å². The summed E-state index contributed by atoms with van der Waals surface area (Å²) >= 11 is 0. The van der Waals surface area contributed by atoms with Gasteiger partial charge >= 0.3 is 0 Å². The maximum absolute atomic E-state index is 3.69. The van der Waals surface area contributed by atoms with E-state index < -0.39 is 0 Å². The van der Waals surface area contributed by atoms with Crippen LogP contribution in [0, 0.1) is 5.92 Å². The molecule has 0 spiro atoms. The average molecular weight is 169 g/mol. The standard InChI is InChI=1S/C11H23N/c1-4-11(5-2)12-9(3)8-10-6-7-10/h9-12H,4-8H2,1-3H3. The highest BCUT2D eigenvalue weighted by Gasteiger charge is 2.23. The van der Waals surface area contributed by atoms with Gasteiger partial charge in [-0.1, -0.05) is 26.7 Å². The first-order valence-electron chi connectivity index (χ1n) is 5.52. The molecule has 0 aromatic heterocycles. The zero-order valence-electron chi connectivity index (χ0n) is 8.77. The molecule has 1 aliphatic rings. The lowest BCUT2D eigenvalue weighted by Crippen LogP contribution is -2.35. The second kappa shape index (κ2) is 4.86. The molecule has 1 atom stereocenters. The van der Waals surface area contributed by atoms with Crippen molar-refractivity contribution in [1.82, 2.24) is 5.32 Å². The van der Waals surface area contributed by atoms with Crippen LogP contribution in [-0.4, -0.2) is 12.1 Å². The van der Waals surface area contributed by atoms with Crippen molar-refractivity contribution in [3.05, 3.63) is 0 Å². The molecule has 0 amide bonds. The Bertz CT molecular complexity index is 114. The second-order valence-corrected chi connectivity index (χ2v) is 4.26. The number of hydrogen-bond donors (Lipinski definition) is 1. The van der Waals surface area contributed by atoms with E-state index in [2.05, 4.69) is 26.1 Å². The Morgan fingerprint density at radius 3 is 2.25 bits per heavy atom. The first-order valence-corrected chi connectivity index (χ1v) is 5.52. The molecule has 72 valence electrons. The molecule has 0 saturated heterocycles. The smallest absolute Gasteiger partial charge is 0.00642 e. The van der Waals surface area contributed by atoms with E-state index in [0.717, 1.165) is 18.0 Å². The Kier molecular flexibility index (Phi) is 4.07. The first kappa shape index (κ1) is 10.0. The fourth-order valence-corrected chi connectivity index (χ4v) is 1.85. The molecule has 12 heavy (non-hydrogen) atoms. The minimum atomic E-state index is 0.738. The minimum Gasteiger partial charge on any atom is -0.312 e. The molecule has 1 unspecified atom stereocenters. The lowest BCUT2D eigenvalue weighted by molar-refractivity contribution is 0.397. The summed E-state index contributed by atoms with van der Waals surface area (Å²) in [5, 5.41) is 3.69. The summed E-state index contributed by atoms with van der Waals surface area (Å²) in [6.07, 6.45) is 6.90. The van der Waals surface area contributed by atoms with Gasteiger partial charge in [-0.05, 0) is 32.1 Å². The maximum Gasteiger partial charge on any atom is 0.00642 e. The highest BCUT2D eigenvalue weighted by molar-refractivity contribution is 4.79. The second-order valence-electron chi connectivity index (χ2n) is 4.26. The Morgan fingerprint density at radius 1 is 1.25 bits per heavy atom. The van der Waals surface area contributed by atoms with Crippen LogP contribution in [0.2, 0.25) is 0 Å². The van der Waals surface area contributed by atoms with Crippen LogP contribution >= 0.6 is 0 Å². The Balaban J connectivity index is 2.09. The van der Waals surface area contributed by atoms with E-state index in [-0.39, 0.29) is 0 Å². The van der Waals surface area contributed by atoms with Crippen LogP contribution in [0.3, 0.4) is 0 Å². The van der Waals surface area contributed by atoms with Crippen LogP contribution in [0.5, 0.6) is 0 Å². The van der Waals surface area contributed by atoms with E-state index in [9.17, 15) is 0 Å².